The van der Waals surface area contributed by atoms with Crippen molar-refractivity contribution >= 4 is 30.9 Å². The van der Waals surface area contributed by atoms with Gasteiger partial charge in [-0.05, 0) is 42.1 Å². The van der Waals surface area contributed by atoms with Crippen LogP contribution in [0.15, 0.2) is 10.2 Å². The number of ether oxygens (including phenoxy) is 2. The molecule has 1 aliphatic rings. The highest BCUT2D eigenvalue weighted by Gasteiger charge is 2.43. The standard InChI is InChI=1S/C14H27IO3Si/c1-13(2,3)19(6,7)16-10-12-11(8-9-15)17-14(4,5)18-12/h8-9,11-12H,10H2,1-7H3/b9-8+/t11-,12-/m0/s1. The third kappa shape index (κ3) is 4.80. The van der Waals surface area contributed by atoms with E-state index in [-0.39, 0.29) is 17.2 Å². The SMILES string of the molecule is CC1(C)O[C@@H](/C=C/I)[C@H](CO[Si](C)(C)C(C)(C)C)O1. The molecular formula is C14H27IO3Si. The topological polar surface area (TPSA) is 27.7 Å². The fourth-order valence-corrected chi connectivity index (χ4v) is 3.16. The van der Waals surface area contributed by atoms with Gasteiger partial charge in [-0.1, -0.05) is 43.4 Å². The fourth-order valence-electron chi connectivity index (χ4n) is 1.73. The van der Waals surface area contributed by atoms with Crippen molar-refractivity contribution in [3.8, 4) is 0 Å². The largest absolute Gasteiger partial charge is 0.414 e. The number of rotatable bonds is 4. The molecule has 0 amide bonds. The van der Waals surface area contributed by atoms with Crippen LogP contribution in [0.3, 0.4) is 0 Å². The van der Waals surface area contributed by atoms with Crippen LogP contribution in [-0.4, -0.2) is 32.9 Å². The van der Waals surface area contributed by atoms with E-state index in [4.69, 9.17) is 13.9 Å². The average Bonchev–Trinajstić information content (AvgIpc) is 2.49. The van der Waals surface area contributed by atoms with E-state index in [1.54, 1.807) is 0 Å². The Morgan fingerprint density at radius 1 is 1.26 bits per heavy atom. The molecule has 5 heteroatoms. The summed E-state index contributed by atoms with van der Waals surface area (Å²) in [6.07, 6.45) is 2.00. The Morgan fingerprint density at radius 2 is 1.84 bits per heavy atom. The van der Waals surface area contributed by atoms with Crippen LogP contribution < -0.4 is 0 Å². The molecule has 0 aromatic heterocycles. The highest BCUT2D eigenvalue weighted by molar-refractivity contribution is 14.1. The Bertz CT molecular complexity index is 334. The van der Waals surface area contributed by atoms with Crippen LogP contribution >= 0.6 is 22.6 Å². The van der Waals surface area contributed by atoms with Crippen molar-refractivity contribution in [2.45, 2.75) is 70.7 Å². The lowest BCUT2D eigenvalue weighted by molar-refractivity contribution is -0.145. The molecule has 0 bridgehead atoms. The zero-order valence-electron chi connectivity index (χ0n) is 13.1. The predicted octanol–water partition coefficient (Wildman–Crippen LogP) is 4.48. The van der Waals surface area contributed by atoms with Crippen LogP contribution in [-0.2, 0) is 13.9 Å². The molecule has 2 atom stereocenters. The van der Waals surface area contributed by atoms with Gasteiger partial charge in [0, 0.05) is 0 Å². The molecule has 1 fully saturated rings. The minimum Gasteiger partial charge on any atom is -0.414 e. The van der Waals surface area contributed by atoms with Gasteiger partial charge in [0.15, 0.2) is 14.1 Å². The molecular weight excluding hydrogens is 371 g/mol. The summed E-state index contributed by atoms with van der Waals surface area (Å²) in [5.74, 6) is -0.526. The van der Waals surface area contributed by atoms with Crippen molar-refractivity contribution < 1.29 is 13.9 Å². The summed E-state index contributed by atoms with van der Waals surface area (Å²) in [6, 6.07) is 0. The van der Waals surface area contributed by atoms with Crippen LogP contribution in [0, 0.1) is 0 Å². The van der Waals surface area contributed by atoms with Crippen molar-refractivity contribution in [1.29, 1.82) is 0 Å². The lowest BCUT2D eigenvalue weighted by Gasteiger charge is -2.37. The third-order valence-electron chi connectivity index (χ3n) is 3.90. The lowest BCUT2D eigenvalue weighted by Crippen LogP contribution is -2.43. The Labute approximate surface area is 132 Å². The molecule has 0 radical (unpaired) electrons. The summed E-state index contributed by atoms with van der Waals surface area (Å²) in [6.45, 7) is 15.8. The van der Waals surface area contributed by atoms with E-state index in [0.29, 0.717) is 6.61 Å². The van der Waals surface area contributed by atoms with Crippen molar-refractivity contribution in [3.05, 3.63) is 10.2 Å². The van der Waals surface area contributed by atoms with E-state index in [9.17, 15) is 0 Å². The number of hydrogen-bond donors (Lipinski definition) is 0. The van der Waals surface area contributed by atoms with Gasteiger partial charge >= 0.3 is 0 Å². The molecule has 0 unspecified atom stereocenters. The summed E-state index contributed by atoms with van der Waals surface area (Å²) in [5, 5.41) is 0.219. The highest BCUT2D eigenvalue weighted by atomic mass is 127. The maximum atomic E-state index is 6.25. The van der Waals surface area contributed by atoms with Gasteiger partial charge in [-0.25, -0.2) is 0 Å². The van der Waals surface area contributed by atoms with Gasteiger partial charge < -0.3 is 13.9 Å². The molecule has 0 saturated carbocycles. The molecule has 1 aliphatic heterocycles. The van der Waals surface area contributed by atoms with Gasteiger partial charge in [0.25, 0.3) is 0 Å². The Kier molecular flexibility index (Phi) is 5.69. The maximum Gasteiger partial charge on any atom is 0.192 e. The molecule has 0 aromatic carbocycles. The van der Waals surface area contributed by atoms with E-state index < -0.39 is 14.1 Å². The molecule has 3 nitrogen and oxygen atoms in total. The van der Waals surface area contributed by atoms with E-state index in [1.165, 1.54) is 0 Å². The summed E-state index contributed by atoms with van der Waals surface area (Å²) >= 11 is 2.21. The zero-order chi connectivity index (χ0) is 14.9. The zero-order valence-corrected chi connectivity index (χ0v) is 16.3. The first-order valence-electron chi connectivity index (χ1n) is 6.75. The second-order valence-corrected chi connectivity index (χ2v) is 12.6. The van der Waals surface area contributed by atoms with Crippen LogP contribution in [0.5, 0.6) is 0 Å². The lowest BCUT2D eigenvalue weighted by atomic mass is 10.2. The van der Waals surface area contributed by atoms with Crippen LogP contribution in [0.25, 0.3) is 0 Å². The van der Waals surface area contributed by atoms with Crippen molar-refractivity contribution in [1.82, 2.24) is 0 Å². The Hall–Kier alpha value is 0.567. The van der Waals surface area contributed by atoms with Crippen molar-refractivity contribution in [2.75, 3.05) is 6.61 Å². The van der Waals surface area contributed by atoms with Gasteiger partial charge in [-0.3, -0.25) is 0 Å². The molecule has 112 valence electrons. The summed E-state index contributed by atoms with van der Waals surface area (Å²) in [7, 11) is -1.73. The minimum absolute atomic E-state index is 0.0170. The molecule has 0 aromatic rings. The quantitative estimate of drug-likeness (QED) is 0.516. The summed E-state index contributed by atoms with van der Waals surface area (Å²) < 4.78 is 20.0. The first-order chi connectivity index (χ1) is 8.48. The van der Waals surface area contributed by atoms with Gasteiger partial charge in [0.1, 0.15) is 12.2 Å². The maximum absolute atomic E-state index is 6.25. The molecule has 0 N–H and O–H groups in total. The van der Waals surface area contributed by atoms with E-state index >= 15 is 0 Å². The average molecular weight is 398 g/mol. The number of halogens is 1. The molecule has 1 heterocycles. The molecule has 0 spiro atoms. The van der Waals surface area contributed by atoms with Crippen LogP contribution in [0.4, 0.5) is 0 Å². The molecule has 0 aliphatic carbocycles. The van der Waals surface area contributed by atoms with Crippen LogP contribution in [0.1, 0.15) is 34.6 Å². The normalized spacial score (nSPS) is 28.2. The van der Waals surface area contributed by atoms with Gasteiger partial charge in [0.2, 0.25) is 0 Å². The van der Waals surface area contributed by atoms with Gasteiger partial charge in [0.05, 0.1) is 6.61 Å². The summed E-state index contributed by atoms with van der Waals surface area (Å²) in [5.41, 5.74) is 0. The van der Waals surface area contributed by atoms with Crippen LogP contribution in [0.2, 0.25) is 18.1 Å². The van der Waals surface area contributed by atoms with Crippen molar-refractivity contribution in [2.24, 2.45) is 0 Å². The molecule has 19 heavy (non-hydrogen) atoms. The number of hydrogen-bond acceptors (Lipinski definition) is 3. The Morgan fingerprint density at radius 3 is 2.32 bits per heavy atom. The summed E-state index contributed by atoms with van der Waals surface area (Å²) in [4.78, 5) is 0. The first-order valence-corrected chi connectivity index (χ1v) is 10.9. The smallest absolute Gasteiger partial charge is 0.192 e. The monoisotopic (exact) mass is 398 g/mol. The first kappa shape index (κ1) is 17.6. The molecule has 1 rings (SSSR count). The predicted molar refractivity (Wildman–Crippen MR) is 90.1 cm³/mol. The Balaban J connectivity index is 2.66. The van der Waals surface area contributed by atoms with Crippen molar-refractivity contribution in [3.63, 3.8) is 0 Å². The minimum atomic E-state index is -1.73. The molecule has 1 saturated heterocycles. The van der Waals surface area contributed by atoms with E-state index in [2.05, 4.69) is 56.5 Å². The second kappa shape index (κ2) is 6.13. The third-order valence-corrected chi connectivity index (χ3v) is 8.81. The highest BCUT2D eigenvalue weighted by Crippen LogP contribution is 2.37. The fraction of sp³-hybridized carbons (Fsp3) is 0.857. The van der Waals surface area contributed by atoms with Gasteiger partial charge in [-0.15, -0.1) is 0 Å². The second-order valence-electron chi connectivity index (χ2n) is 7.03. The van der Waals surface area contributed by atoms with E-state index in [0.717, 1.165) is 0 Å². The van der Waals surface area contributed by atoms with E-state index in [1.807, 2.05) is 24.0 Å². The van der Waals surface area contributed by atoms with Gasteiger partial charge in [-0.2, -0.15) is 0 Å².